The van der Waals surface area contributed by atoms with Gasteiger partial charge in [-0.2, -0.15) is 0 Å². The molecule has 0 aliphatic heterocycles. The molecule has 1 fully saturated rings. The van der Waals surface area contributed by atoms with Gasteiger partial charge < -0.3 is 0 Å². The van der Waals surface area contributed by atoms with Crippen LogP contribution in [0.5, 0.6) is 0 Å². The molecule has 1 aliphatic carbocycles. The first kappa shape index (κ1) is 11.1. The molecule has 0 saturated heterocycles. The third kappa shape index (κ3) is 4.15. The molecule has 0 aromatic heterocycles. The van der Waals surface area contributed by atoms with Crippen LogP contribution in [0.4, 0.5) is 0 Å². The van der Waals surface area contributed by atoms with E-state index in [9.17, 15) is 4.21 Å². The highest BCUT2D eigenvalue weighted by atomic mass is 35.5. The van der Waals surface area contributed by atoms with Crippen LogP contribution in [0.15, 0.2) is 0 Å². The Morgan fingerprint density at radius 3 is 2.54 bits per heavy atom. The maximum absolute atomic E-state index is 11.3. The molecular weight excluding hydrogens is 204 g/mol. The van der Waals surface area contributed by atoms with Gasteiger partial charge in [0.1, 0.15) is 0 Å². The van der Waals surface area contributed by atoms with Gasteiger partial charge in [-0.25, -0.2) is 0 Å². The van der Waals surface area contributed by atoms with E-state index >= 15 is 0 Å². The van der Waals surface area contributed by atoms with Crippen molar-refractivity contribution < 1.29 is 4.21 Å². The normalized spacial score (nSPS) is 30.8. The molecule has 0 aromatic rings. The number of hydrogen-bond acceptors (Lipinski definition) is 1. The van der Waals surface area contributed by atoms with Crippen molar-refractivity contribution in [1.29, 1.82) is 0 Å². The molecule has 0 aromatic carbocycles. The van der Waals surface area contributed by atoms with E-state index in [0.717, 1.165) is 31.4 Å². The Morgan fingerprint density at radius 2 is 2.00 bits per heavy atom. The molecule has 0 amide bonds. The molecule has 0 N–H and O–H groups in total. The molecule has 0 spiro atoms. The topological polar surface area (TPSA) is 17.1 Å². The molecule has 1 atom stereocenters. The summed E-state index contributed by atoms with van der Waals surface area (Å²) in [5, 5.41) is 0.345. The van der Waals surface area contributed by atoms with Crippen LogP contribution in [-0.2, 0) is 10.8 Å². The fourth-order valence-electron chi connectivity index (χ4n) is 1.70. The van der Waals surface area contributed by atoms with Crippen LogP contribution in [0, 0.1) is 18.3 Å². The molecule has 1 nitrogen and oxygen atoms in total. The minimum atomic E-state index is -0.808. The fraction of sp³-hybridized carbons (Fsp3) is 0.800. The van der Waals surface area contributed by atoms with Crippen molar-refractivity contribution in [2.75, 3.05) is 11.5 Å². The average Bonchev–Trinajstić information content (AvgIpc) is 2.09. The van der Waals surface area contributed by atoms with E-state index in [1.165, 1.54) is 0 Å². The summed E-state index contributed by atoms with van der Waals surface area (Å²) in [5.41, 5.74) is 0. The molecule has 1 unspecified atom stereocenters. The Kier molecular flexibility index (Phi) is 4.83. The van der Waals surface area contributed by atoms with E-state index < -0.39 is 10.8 Å². The van der Waals surface area contributed by atoms with Crippen LogP contribution in [-0.4, -0.2) is 21.1 Å². The van der Waals surface area contributed by atoms with Crippen molar-refractivity contribution >= 4 is 22.4 Å². The molecule has 1 saturated carbocycles. The summed E-state index contributed by atoms with van der Waals surface area (Å²) < 4.78 is 11.3. The predicted molar refractivity (Wildman–Crippen MR) is 58.3 cm³/mol. The highest BCUT2D eigenvalue weighted by Gasteiger charge is 2.20. The fourth-order valence-corrected chi connectivity index (χ4v) is 3.12. The summed E-state index contributed by atoms with van der Waals surface area (Å²) in [7, 11) is -0.808. The summed E-state index contributed by atoms with van der Waals surface area (Å²) in [6.45, 7) is 0. The molecule has 74 valence electrons. The van der Waals surface area contributed by atoms with Gasteiger partial charge in [-0.3, -0.25) is 4.21 Å². The maximum atomic E-state index is 11.3. The quantitative estimate of drug-likeness (QED) is 0.524. The molecule has 1 rings (SSSR count). The van der Waals surface area contributed by atoms with Crippen molar-refractivity contribution in [2.45, 2.75) is 31.1 Å². The molecular formula is C10H15ClOS. The molecule has 0 bridgehead atoms. The van der Waals surface area contributed by atoms with Gasteiger partial charge in [-0.15, -0.1) is 18.0 Å². The van der Waals surface area contributed by atoms with Gasteiger partial charge in [-0.05, 0) is 31.6 Å². The maximum Gasteiger partial charge on any atom is 0.0844 e. The third-order valence-corrected chi connectivity index (χ3v) is 4.21. The van der Waals surface area contributed by atoms with Gasteiger partial charge in [0, 0.05) is 21.9 Å². The highest BCUT2D eigenvalue weighted by Crippen LogP contribution is 2.27. The van der Waals surface area contributed by atoms with Crippen molar-refractivity contribution in [3.05, 3.63) is 0 Å². The molecule has 0 radical (unpaired) electrons. The number of halogens is 1. The minimum absolute atomic E-state index is 0.345. The van der Waals surface area contributed by atoms with Crippen molar-refractivity contribution in [3.8, 4) is 12.3 Å². The number of alkyl halides is 1. The lowest BCUT2D eigenvalue weighted by molar-refractivity contribution is 0.393. The van der Waals surface area contributed by atoms with Gasteiger partial charge in [-0.1, -0.05) is 5.92 Å². The van der Waals surface area contributed by atoms with Gasteiger partial charge >= 0.3 is 0 Å². The van der Waals surface area contributed by atoms with Crippen molar-refractivity contribution in [2.24, 2.45) is 5.92 Å². The zero-order valence-corrected chi connectivity index (χ0v) is 9.24. The van der Waals surface area contributed by atoms with Crippen LogP contribution < -0.4 is 0 Å². The van der Waals surface area contributed by atoms with Crippen LogP contribution in [0.25, 0.3) is 0 Å². The summed E-state index contributed by atoms with van der Waals surface area (Å²) in [4.78, 5) is 0. The summed E-state index contributed by atoms with van der Waals surface area (Å²) in [5.74, 6) is 4.20. The monoisotopic (exact) mass is 218 g/mol. The first-order valence-electron chi connectivity index (χ1n) is 4.65. The van der Waals surface area contributed by atoms with E-state index in [2.05, 4.69) is 5.92 Å². The van der Waals surface area contributed by atoms with Crippen molar-refractivity contribution in [1.82, 2.24) is 0 Å². The second-order valence-electron chi connectivity index (χ2n) is 3.57. The largest absolute Gasteiger partial charge is 0.259 e. The SMILES string of the molecule is C#CCS(=O)CC1CCC(Cl)CC1. The van der Waals surface area contributed by atoms with Crippen LogP contribution >= 0.6 is 11.6 Å². The van der Waals surface area contributed by atoms with Gasteiger partial charge in [0.25, 0.3) is 0 Å². The second-order valence-corrected chi connectivity index (χ2v) is 5.69. The number of rotatable bonds is 3. The lowest BCUT2D eigenvalue weighted by Crippen LogP contribution is -2.20. The highest BCUT2D eigenvalue weighted by molar-refractivity contribution is 7.85. The van der Waals surface area contributed by atoms with Crippen LogP contribution in [0.2, 0.25) is 0 Å². The Hall–Kier alpha value is -0.0000000000000000555. The van der Waals surface area contributed by atoms with Gasteiger partial charge in [0.2, 0.25) is 0 Å². The van der Waals surface area contributed by atoms with E-state index in [1.54, 1.807) is 0 Å². The predicted octanol–water partition coefficient (Wildman–Crippen LogP) is 2.17. The van der Waals surface area contributed by atoms with E-state index in [-0.39, 0.29) is 0 Å². The molecule has 0 heterocycles. The number of terminal acetylenes is 1. The Morgan fingerprint density at radius 1 is 1.38 bits per heavy atom. The van der Waals surface area contributed by atoms with Gasteiger partial charge in [0.05, 0.1) is 5.75 Å². The zero-order valence-electron chi connectivity index (χ0n) is 7.67. The van der Waals surface area contributed by atoms with E-state index in [1.807, 2.05) is 0 Å². The lowest BCUT2D eigenvalue weighted by atomic mass is 9.90. The molecule has 3 heteroatoms. The average molecular weight is 219 g/mol. The summed E-state index contributed by atoms with van der Waals surface area (Å²) >= 11 is 5.97. The van der Waals surface area contributed by atoms with Crippen LogP contribution in [0.1, 0.15) is 25.7 Å². The summed E-state index contributed by atoms with van der Waals surface area (Å²) in [6, 6.07) is 0. The zero-order chi connectivity index (χ0) is 9.68. The smallest absolute Gasteiger partial charge is 0.0844 e. The van der Waals surface area contributed by atoms with E-state index in [0.29, 0.717) is 17.0 Å². The Labute approximate surface area is 87.7 Å². The lowest BCUT2D eigenvalue weighted by Gasteiger charge is -2.24. The first-order chi connectivity index (χ1) is 6.22. The van der Waals surface area contributed by atoms with Crippen LogP contribution in [0.3, 0.4) is 0 Å². The number of hydrogen-bond donors (Lipinski definition) is 0. The van der Waals surface area contributed by atoms with E-state index in [4.69, 9.17) is 18.0 Å². The second kappa shape index (κ2) is 5.67. The summed E-state index contributed by atoms with van der Waals surface area (Å²) in [6.07, 6.45) is 9.46. The third-order valence-electron chi connectivity index (χ3n) is 2.44. The van der Waals surface area contributed by atoms with Crippen molar-refractivity contribution in [3.63, 3.8) is 0 Å². The first-order valence-corrected chi connectivity index (χ1v) is 6.57. The van der Waals surface area contributed by atoms with Gasteiger partial charge in [0.15, 0.2) is 0 Å². The Balaban J connectivity index is 2.23. The minimum Gasteiger partial charge on any atom is -0.259 e. The molecule has 13 heavy (non-hydrogen) atoms. The molecule has 1 aliphatic rings. The Bertz CT molecular complexity index is 213. The standard InChI is InChI=1S/C10H15ClOS/c1-2-7-13(12)8-9-3-5-10(11)6-4-9/h1,9-10H,3-8H2.